The predicted molar refractivity (Wildman–Crippen MR) is 130 cm³/mol. The Bertz CT molecular complexity index is 1280. The molecule has 4 rings (SSSR count). The fourth-order valence-electron chi connectivity index (χ4n) is 3.22. The molecule has 0 radical (unpaired) electrons. The van der Waals surface area contributed by atoms with Crippen molar-refractivity contribution in [3.63, 3.8) is 0 Å². The number of ether oxygens (including phenoxy) is 3. The topological polar surface area (TPSA) is 86.2 Å². The second-order valence-electron chi connectivity index (χ2n) is 7.42. The molecule has 0 fully saturated rings. The first-order valence-corrected chi connectivity index (χ1v) is 10.7. The van der Waals surface area contributed by atoms with Crippen LogP contribution >= 0.6 is 11.6 Å². The van der Waals surface area contributed by atoms with Crippen molar-refractivity contribution in [2.45, 2.75) is 13.5 Å². The number of hydrogen-bond acceptors (Lipinski definition) is 6. The van der Waals surface area contributed by atoms with Gasteiger partial charge in [-0.2, -0.15) is 0 Å². The van der Waals surface area contributed by atoms with Crippen LogP contribution in [0.5, 0.6) is 11.5 Å². The van der Waals surface area contributed by atoms with Gasteiger partial charge in [0.25, 0.3) is 0 Å². The van der Waals surface area contributed by atoms with E-state index in [0.29, 0.717) is 39.9 Å². The van der Waals surface area contributed by atoms with Gasteiger partial charge in [-0.1, -0.05) is 29.8 Å². The van der Waals surface area contributed by atoms with Crippen molar-refractivity contribution in [1.82, 2.24) is 0 Å². The summed E-state index contributed by atoms with van der Waals surface area (Å²) in [6.07, 6.45) is 1.62. The summed E-state index contributed by atoms with van der Waals surface area (Å²) in [5.74, 6) is 0.562. The molecule has 0 aliphatic carbocycles. The van der Waals surface area contributed by atoms with Crippen LogP contribution in [0.15, 0.2) is 77.4 Å². The van der Waals surface area contributed by atoms with E-state index in [2.05, 4.69) is 10.3 Å². The highest BCUT2D eigenvalue weighted by Gasteiger charge is 2.24. The number of hydrogen-bond donors (Lipinski definition) is 1. The van der Waals surface area contributed by atoms with E-state index >= 15 is 0 Å². The van der Waals surface area contributed by atoms with E-state index in [1.807, 2.05) is 12.1 Å². The average molecular weight is 477 g/mol. The van der Waals surface area contributed by atoms with Crippen LogP contribution < -0.4 is 14.8 Å². The van der Waals surface area contributed by atoms with Crippen LogP contribution in [0.2, 0.25) is 5.02 Å². The summed E-state index contributed by atoms with van der Waals surface area (Å²) in [6.45, 7) is 1.79. The smallest absolute Gasteiger partial charge is 0.363 e. The Balaban J connectivity index is 1.50. The van der Waals surface area contributed by atoms with Crippen molar-refractivity contribution in [3.8, 4) is 11.5 Å². The van der Waals surface area contributed by atoms with E-state index in [0.717, 1.165) is 5.56 Å². The monoisotopic (exact) mass is 476 g/mol. The van der Waals surface area contributed by atoms with Crippen molar-refractivity contribution in [1.29, 1.82) is 0 Å². The molecule has 0 spiro atoms. The molecule has 3 aromatic carbocycles. The highest BCUT2D eigenvalue weighted by Crippen LogP contribution is 2.30. The Morgan fingerprint density at radius 1 is 1.06 bits per heavy atom. The van der Waals surface area contributed by atoms with Crippen LogP contribution in [-0.2, 0) is 20.9 Å². The Labute approximate surface area is 201 Å². The summed E-state index contributed by atoms with van der Waals surface area (Å²) in [5, 5.41) is 3.35. The molecule has 1 amide bonds. The zero-order chi connectivity index (χ0) is 24.1. The van der Waals surface area contributed by atoms with Gasteiger partial charge in [0, 0.05) is 23.2 Å². The van der Waals surface area contributed by atoms with E-state index in [1.165, 1.54) is 6.92 Å². The molecule has 0 saturated heterocycles. The van der Waals surface area contributed by atoms with Gasteiger partial charge < -0.3 is 19.5 Å². The first-order valence-electron chi connectivity index (χ1n) is 10.4. The second kappa shape index (κ2) is 10.2. The molecule has 0 bridgehead atoms. The lowest BCUT2D eigenvalue weighted by Crippen LogP contribution is -2.07. The van der Waals surface area contributed by atoms with E-state index in [-0.39, 0.29) is 17.5 Å². The van der Waals surface area contributed by atoms with Gasteiger partial charge in [-0.25, -0.2) is 9.79 Å². The number of cyclic esters (lactones) is 1. The standard InChI is InChI=1S/C26H21ClN2O5/c1-16(30)28-21-10-6-19(7-11-21)25-29-22(26(31)34-25)13-18-5-12-23(24(14-18)32-2)33-15-17-3-8-20(27)9-4-17/h3-14H,15H2,1-2H3,(H,28,30)/b22-13+. The quantitative estimate of drug-likeness (QED) is 0.372. The number of anilines is 1. The highest BCUT2D eigenvalue weighted by atomic mass is 35.5. The number of rotatable bonds is 7. The summed E-state index contributed by atoms with van der Waals surface area (Å²) in [5.41, 5.74) is 3.10. The van der Waals surface area contributed by atoms with Crippen molar-refractivity contribution in [2.24, 2.45) is 4.99 Å². The molecule has 8 heteroatoms. The summed E-state index contributed by atoms with van der Waals surface area (Å²) in [4.78, 5) is 27.8. The fraction of sp³-hybridized carbons (Fsp3) is 0.115. The first-order chi connectivity index (χ1) is 16.4. The molecule has 3 aromatic rings. The van der Waals surface area contributed by atoms with E-state index in [4.69, 9.17) is 25.8 Å². The van der Waals surface area contributed by atoms with Gasteiger partial charge in [0.2, 0.25) is 11.8 Å². The van der Waals surface area contributed by atoms with Gasteiger partial charge in [-0.3, -0.25) is 4.79 Å². The molecule has 172 valence electrons. The third kappa shape index (κ3) is 5.63. The summed E-state index contributed by atoms with van der Waals surface area (Å²) in [6, 6.07) is 19.6. The Kier molecular flexibility index (Phi) is 6.94. The SMILES string of the molecule is COc1cc(/C=C2/N=C(c3ccc(NC(C)=O)cc3)OC2=O)ccc1OCc1ccc(Cl)cc1. The number of carbonyl (C=O) groups excluding carboxylic acids is 2. The van der Waals surface area contributed by atoms with Gasteiger partial charge in [-0.15, -0.1) is 0 Å². The molecule has 1 aliphatic heterocycles. The number of nitrogens with zero attached hydrogens (tertiary/aromatic N) is 1. The molecule has 1 heterocycles. The van der Waals surface area contributed by atoms with E-state index in [1.54, 1.807) is 67.8 Å². The minimum Gasteiger partial charge on any atom is -0.493 e. The maximum atomic E-state index is 12.4. The van der Waals surface area contributed by atoms with Gasteiger partial charge in [0.05, 0.1) is 7.11 Å². The lowest BCUT2D eigenvalue weighted by molar-refractivity contribution is -0.129. The van der Waals surface area contributed by atoms with E-state index < -0.39 is 5.97 Å². The normalized spacial score (nSPS) is 13.9. The van der Waals surface area contributed by atoms with Crippen molar-refractivity contribution >= 4 is 41.1 Å². The van der Waals surface area contributed by atoms with Gasteiger partial charge in [0.15, 0.2) is 17.2 Å². The predicted octanol–water partition coefficient (Wildman–Crippen LogP) is 5.23. The van der Waals surface area contributed by atoms with Crippen LogP contribution in [0.4, 0.5) is 5.69 Å². The molecule has 34 heavy (non-hydrogen) atoms. The molecule has 1 aliphatic rings. The van der Waals surface area contributed by atoms with E-state index in [9.17, 15) is 9.59 Å². The molecule has 7 nitrogen and oxygen atoms in total. The van der Waals surface area contributed by atoms with Gasteiger partial charge in [0.1, 0.15) is 6.61 Å². The number of carbonyl (C=O) groups is 2. The summed E-state index contributed by atoms with van der Waals surface area (Å²) in [7, 11) is 1.55. The number of methoxy groups -OCH3 is 1. The minimum atomic E-state index is -0.553. The molecule has 0 saturated carbocycles. The Morgan fingerprint density at radius 2 is 1.79 bits per heavy atom. The molecular weight excluding hydrogens is 456 g/mol. The summed E-state index contributed by atoms with van der Waals surface area (Å²) >= 11 is 5.92. The Hall–Kier alpha value is -4.10. The number of benzene rings is 3. The molecular formula is C26H21ClN2O5. The average Bonchev–Trinajstić information content (AvgIpc) is 3.19. The van der Waals surface area contributed by atoms with Crippen LogP contribution in [0.1, 0.15) is 23.6 Å². The van der Waals surface area contributed by atoms with Gasteiger partial charge >= 0.3 is 5.97 Å². The fourth-order valence-corrected chi connectivity index (χ4v) is 3.35. The zero-order valence-corrected chi connectivity index (χ0v) is 19.3. The summed E-state index contributed by atoms with van der Waals surface area (Å²) < 4.78 is 16.7. The molecule has 0 aromatic heterocycles. The third-order valence-corrected chi connectivity index (χ3v) is 5.12. The maximum Gasteiger partial charge on any atom is 0.363 e. The number of amides is 1. The van der Waals surface area contributed by atoms with Crippen LogP contribution in [0.3, 0.4) is 0 Å². The van der Waals surface area contributed by atoms with Crippen molar-refractivity contribution < 1.29 is 23.8 Å². The molecule has 0 unspecified atom stereocenters. The first kappa shape index (κ1) is 23.1. The Morgan fingerprint density at radius 3 is 2.47 bits per heavy atom. The number of esters is 1. The number of aliphatic imine (C=N–C) groups is 1. The van der Waals surface area contributed by atoms with Crippen LogP contribution in [0.25, 0.3) is 6.08 Å². The zero-order valence-electron chi connectivity index (χ0n) is 18.5. The lowest BCUT2D eigenvalue weighted by Gasteiger charge is -2.11. The maximum absolute atomic E-state index is 12.4. The van der Waals surface area contributed by atoms with Crippen LogP contribution in [0, 0.1) is 0 Å². The second-order valence-corrected chi connectivity index (χ2v) is 7.86. The lowest BCUT2D eigenvalue weighted by atomic mass is 10.1. The molecule has 1 N–H and O–H groups in total. The third-order valence-electron chi connectivity index (χ3n) is 4.87. The highest BCUT2D eigenvalue weighted by molar-refractivity contribution is 6.30. The molecule has 0 atom stereocenters. The van der Waals surface area contributed by atoms with Crippen molar-refractivity contribution in [3.05, 3.63) is 94.1 Å². The number of halogens is 1. The van der Waals surface area contributed by atoms with Gasteiger partial charge in [-0.05, 0) is 65.7 Å². The largest absolute Gasteiger partial charge is 0.493 e. The number of nitrogens with one attached hydrogen (secondary N) is 1. The van der Waals surface area contributed by atoms with Crippen molar-refractivity contribution in [2.75, 3.05) is 12.4 Å². The van der Waals surface area contributed by atoms with Crippen LogP contribution in [-0.4, -0.2) is 24.9 Å². The minimum absolute atomic E-state index is 0.165.